The van der Waals surface area contributed by atoms with Crippen molar-refractivity contribution in [1.29, 1.82) is 0 Å². The van der Waals surface area contributed by atoms with E-state index in [1.807, 2.05) is 125 Å². The topological polar surface area (TPSA) is 223 Å². The summed E-state index contributed by atoms with van der Waals surface area (Å²) in [6.07, 6.45) is 34.3. The molecule has 23 nitrogen and oxygen atoms in total. The molecule has 17 rings (SSSR count). The minimum atomic E-state index is 0.345. The van der Waals surface area contributed by atoms with Crippen LogP contribution in [0.5, 0.6) is 0 Å². The molecular weight excluding hydrogens is 1300 g/mol. The first-order valence-corrected chi connectivity index (χ1v) is 36.0. The molecule has 0 radical (unpaired) electrons. The second-order valence-electron chi connectivity index (χ2n) is 27.6. The number of benzene rings is 1. The van der Waals surface area contributed by atoms with Crippen LogP contribution in [0.4, 0.5) is 5.82 Å². The number of hydrogen-bond acceptors (Lipinski definition) is 15. The van der Waals surface area contributed by atoms with Crippen LogP contribution in [0.1, 0.15) is 179 Å². The van der Waals surface area contributed by atoms with Crippen LogP contribution in [-0.2, 0) is 6.42 Å². The Morgan fingerprint density at radius 1 is 0.298 bits per heavy atom. The van der Waals surface area contributed by atoms with E-state index in [0.29, 0.717) is 54.4 Å². The summed E-state index contributed by atoms with van der Waals surface area (Å²) >= 11 is 0. The van der Waals surface area contributed by atoms with Crippen molar-refractivity contribution in [3.63, 3.8) is 0 Å². The smallest absolute Gasteiger partial charge is 0.161 e. The van der Waals surface area contributed by atoms with Crippen LogP contribution in [0.3, 0.4) is 0 Å². The second kappa shape index (κ2) is 37.0. The molecule has 0 saturated heterocycles. The first kappa shape index (κ1) is 76.8. The van der Waals surface area contributed by atoms with Gasteiger partial charge in [0.2, 0.25) is 0 Å². The molecule has 15 aromatic heterocycles. The molecule has 16 heterocycles. The predicted molar refractivity (Wildman–Crippen MR) is 423 cm³/mol. The molecule has 0 saturated carbocycles. The number of nitrogens with zero attached hydrogens (tertiary/aromatic N) is 23. The quantitative estimate of drug-likeness (QED) is 0.131. The number of hydrogen-bond donors (Lipinski definition) is 0. The first-order valence-electron chi connectivity index (χ1n) is 36.0. The van der Waals surface area contributed by atoms with Gasteiger partial charge in [0.15, 0.2) is 22.6 Å². The lowest BCUT2D eigenvalue weighted by molar-refractivity contribution is 0.532. The van der Waals surface area contributed by atoms with Crippen molar-refractivity contribution in [1.82, 2.24) is 107 Å². The molecule has 104 heavy (non-hydrogen) atoms. The maximum Gasteiger partial charge on any atom is 0.161 e. The van der Waals surface area contributed by atoms with Crippen LogP contribution in [0.2, 0.25) is 0 Å². The Bertz CT molecular complexity index is 4400. The maximum atomic E-state index is 4.39. The molecule has 0 bridgehead atoms. The number of aromatic nitrogens is 22. The lowest BCUT2D eigenvalue weighted by Gasteiger charge is -2.22. The summed E-state index contributed by atoms with van der Waals surface area (Å²) in [5.74, 6) is 1.19. The van der Waals surface area contributed by atoms with E-state index in [-0.39, 0.29) is 0 Å². The molecule has 1 aliphatic heterocycles. The van der Waals surface area contributed by atoms with Gasteiger partial charge in [0.05, 0.1) is 30.4 Å². The van der Waals surface area contributed by atoms with Gasteiger partial charge in [-0.25, -0.2) is 64.2 Å². The van der Waals surface area contributed by atoms with Crippen LogP contribution in [0.25, 0.3) is 77.4 Å². The summed E-state index contributed by atoms with van der Waals surface area (Å²) in [7, 11) is 0. The van der Waals surface area contributed by atoms with Gasteiger partial charge in [-0.3, -0.25) is 4.68 Å². The SMILES string of the molecule is CC(C)N1CCc2cccnc21.CC(C)n1ccc2ccccc21.CC(C)n1ccc2cccnc21.CC(C)n1ccc2cncnc21.CC(C)n1cccn1.CC(C)n1cnc2cccnc21.CC(C)n1cnc2cccnc21.CC(C)n1ncc2cccnc21.CC(C)n1ncc2cncnc21. The molecule has 0 aliphatic carbocycles. The Labute approximate surface area is 610 Å². The standard InChI is InChI=1S/C11H13N.C10H14N2.C10H12N2.4C9H11N3.C8H10N4.C6H10N2/c1-9(2)12-8-7-10-5-3-4-6-11(10)12;2*1-8(2)12-7-5-9-4-3-6-11-10(9)12;1-7(2)12-4-3-8-5-10-6-11-9(8)12;2*1-7(2)12-6-11-8-4-3-5-10-9(8)12;1-7(2)12-9-8(6-11-12)4-3-5-10-9;1-6(2)12-8-7(4-11-12)3-9-5-10-8;1-6(2)8-5-3-4-7-8/h3-9H,1-2H3;3-4,6,8H,5,7H2,1-2H3;3-8H,1-2H3;4*3-7H,1-2H3;3-6H,1-2H3;3-6H,1-2H3. The third kappa shape index (κ3) is 19.8. The minimum Gasteiger partial charge on any atom is -0.354 e. The Morgan fingerprint density at radius 2 is 0.740 bits per heavy atom. The molecule has 1 aliphatic rings. The fourth-order valence-corrected chi connectivity index (χ4v) is 11.5. The summed E-state index contributed by atoms with van der Waals surface area (Å²) in [6, 6.07) is 40.7. The lowest BCUT2D eigenvalue weighted by Crippen LogP contribution is -2.28. The highest BCUT2D eigenvalue weighted by Crippen LogP contribution is 2.27. The van der Waals surface area contributed by atoms with Crippen LogP contribution < -0.4 is 4.90 Å². The lowest BCUT2D eigenvalue weighted by atomic mass is 10.2. The van der Waals surface area contributed by atoms with Gasteiger partial charge in [-0.1, -0.05) is 24.3 Å². The second-order valence-corrected chi connectivity index (χ2v) is 27.6. The van der Waals surface area contributed by atoms with Crippen LogP contribution in [-0.4, -0.2) is 120 Å². The van der Waals surface area contributed by atoms with E-state index >= 15 is 0 Å². The van der Waals surface area contributed by atoms with Crippen molar-refractivity contribution in [3.8, 4) is 0 Å². The molecule has 542 valence electrons. The zero-order valence-electron chi connectivity index (χ0n) is 63.7. The van der Waals surface area contributed by atoms with Crippen molar-refractivity contribution in [2.75, 3.05) is 11.4 Å². The van der Waals surface area contributed by atoms with E-state index < -0.39 is 0 Å². The van der Waals surface area contributed by atoms with Gasteiger partial charge in [0.25, 0.3) is 0 Å². The zero-order chi connectivity index (χ0) is 74.4. The number of fused-ring (bicyclic) bond motifs is 8. The first-order chi connectivity index (χ1) is 50.1. The Hall–Kier alpha value is -11.4. The van der Waals surface area contributed by atoms with E-state index in [1.165, 1.54) is 27.7 Å². The van der Waals surface area contributed by atoms with E-state index in [2.05, 4.69) is 283 Å². The Balaban J connectivity index is 0.000000136. The normalized spacial score (nSPS) is 11.7. The van der Waals surface area contributed by atoms with E-state index in [4.69, 9.17) is 0 Å². The fourth-order valence-electron chi connectivity index (χ4n) is 11.5. The highest BCUT2D eigenvalue weighted by molar-refractivity contribution is 5.80. The van der Waals surface area contributed by atoms with Crippen molar-refractivity contribution >= 4 is 83.2 Å². The van der Waals surface area contributed by atoms with E-state index in [9.17, 15) is 0 Å². The van der Waals surface area contributed by atoms with Crippen LogP contribution >= 0.6 is 0 Å². The van der Waals surface area contributed by atoms with Crippen molar-refractivity contribution < 1.29 is 0 Å². The molecule has 1 aromatic carbocycles. The van der Waals surface area contributed by atoms with Gasteiger partial charge in [0, 0.05) is 157 Å². The van der Waals surface area contributed by atoms with E-state index in [1.54, 1.807) is 49.8 Å². The summed E-state index contributed by atoms with van der Waals surface area (Å²) in [5, 5.41) is 18.2. The van der Waals surface area contributed by atoms with Gasteiger partial charge in [-0.05, 0) is 227 Å². The molecule has 23 heteroatoms. The van der Waals surface area contributed by atoms with Crippen molar-refractivity contribution in [3.05, 3.63) is 227 Å². The van der Waals surface area contributed by atoms with Crippen molar-refractivity contribution in [2.24, 2.45) is 0 Å². The van der Waals surface area contributed by atoms with Gasteiger partial charge < -0.3 is 27.7 Å². The average Bonchev–Trinajstić information content (AvgIpc) is 1.75. The Kier molecular flexibility index (Phi) is 27.3. The van der Waals surface area contributed by atoms with Gasteiger partial charge in [-0.2, -0.15) is 15.3 Å². The summed E-state index contributed by atoms with van der Waals surface area (Å²) in [5.41, 5.74) is 10.5. The number of pyridine rings is 5. The molecular formula is C81H103N23. The predicted octanol–water partition coefficient (Wildman–Crippen LogP) is 18.6. The molecule has 0 unspecified atom stereocenters. The molecule has 0 N–H and O–H groups in total. The van der Waals surface area contributed by atoms with Gasteiger partial charge in [0.1, 0.15) is 40.8 Å². The third-order valence-corrected chi connectivity index (χ3v) is 17.0. The highest BCUT2D eigenvalue weighted by atomic mass is 15.3. The molecule has 0 amide bonds. The maximum absolute atomic E-state index is 4.39. The number of rotatable bonds is 9. The average molecular weight is 1400 g/mol. The number of imidazole rings is 2. The Morgan fingerprint density at radius 3 is 1.28 bits per heavy atom. The largest absolute Gasteiger partial charge is 0.354 e. The summed E-state index contributed by atoms with van der Waals surface area (Å²) in [4.78, 5) is 48.6. The molecule has 0 spiro atoms. The zero-order valence-corrected chi connectivity index (χ0v) is 63.7. The van der Waals surface area contributed by atoms with Gasteiger partial charge >= 0.3 is 0 Å². The van der Waals surface area contributed by atoms with Crippen LogP contribution in [0.15, 0.2) is 221 Å². The summed E-state index contributed by atoms with van der Waals surface area (Å²) < 4.78 is 16.5. The molecule has 16 aromatic rings. The monoisotopic (exact) mass is 1400 g/mol. The third-order valence-electron chi connectivity index (χ3n) is 17.0. The van der Waals surface area contributed by atoms with E-state index in [0.717, 1.165) is 74.0 Å². The molecule has 0 atom stereocenters. The minimum absolute atomic E-state index is 0.345. The van der Waals surface area contributed by atoms with Crippen LogP contribution in [0, 0.1) is 0 Å². The number of anilines is 1. The fraction of sp³-hybridized carbons (Fsp3) is 0.358. The van der Waals surface area contributed by atoms with Gasteiger partial charge in [-0.15, -0.1) is 0 Å². The molecule has 0 fully saturated rings. The number of para-hydroxylation sites is 1. The van der Waals surface area contributed by atoms with Crippen molar-refractivity contribution in [2.45, 2.75) is 185 Å². The highest BCUT2D eigenvalue weighted by Gasteiger charge is 2.21. The summed E-state index contributed by atoms with van der Waals surface area (Å²) in [6.45, 7) is 39.6.